The third kappa shape index (κ3) is 5.52. The molecule has 0 radical (unpaired) electrons. The molecule has 0 aromatic heterocycles. The summed E-state index contributed by atoms with van der Waals surface area (Å²) in [6.07, 6.45) is 4.34. The lowest BCUT2D eigenvalue weighted by atomic mass is 9.84. The highest BCUT2D eigenvalue weighted by Gasteiger charge is 2.24. The number of aryl methyl sites for hydroxylation is 1. The average Bonchev–Trinajstić information content (AvgIpc) is 2.71. The standard InChI is InChI=1S/C21H33ClN4O/c1-16-4-3-5-19(20(16)22)26-14-12-25(13-15-26)11-10-17-6-8-18(9-7-17)24-21(27)23-2/h3-5,17-18H,6-15H2,1-2H3,(H2,23,24,27)/i11D2. The van der Waals surface area contributed by atoms with Gasteiger partial charge in [0.15, 0.2) is 0 Å². The van der Waals surface area contributed by atoms with Gasteiger partial charge in [0, 0.05) is 42.0 Å². The van der Waals surface area contributed by atoms with Crippen molar-refractivity contribution in [2.45, 2.75) is 45.1 Å². The van der Waals surface area contributed by atoms with Gasteiger partial charge in [0.25, 0.3) is 0 Å². The molecule has 1 saturated heterocycles. The zero-order chi connectivity index (χ0) is 21.0. The van der Waals surface area contributed by atoms with Crippen molar-refractivity contribution in [2.24, 2.45) is 5.92 Å². The number of anilines is 1. The van der Waals surface area contributed by atoms with E-state index in [-0.39, 0.29) is 12.1 Å². The first-order valence-corrected chi connectivity index (χ1v) is 10.4. The Balaban J connectivity index is 1.49. The molecule has 3 rings (SSSR count). The van der Waals surface area contributed by atoms with Gasteiger partial charge in [-0.3, -0.25) is 4.90 Å². The molecule has 1 aromatic carbocycles. The third-order valence-electron chi connectivity index (χ3n) is 5.80. The molecule has 150 valence electrons. The Kier molecular flexibility index (Phi) is 6.30. The molecular weight excluding hydrogens is 360 g/mol. The Hall–Kier alpha value is -1.46. The van der Waals surface area contributed by atoms with E-state index in [9.17, 15) is 4.79 Å². The van der Waals surface area contributed by atoms with E-state index < -0.39 is 6.50 Å². The molecule has 0 unspecified atom stereocenters. The number of nitrogens with zero attached hydrogens (tertiary/aromatic N) is 2. The first kappa shape index (κ1) is 17.6. The monoisotopic (exact) mass is 394 g/mol. The third-order valence-corrected chi connectivity index (χ3v) is 6.30. The molecule has 0 spiro atoms. The van der Waals surface area contributed by atoms with Gasteiger partial charge in [0.1, 0.15) is 0 Å². The number of rotatable bonds is 5. The van der Waals surface area contributed by atoms with Crippen LogP contribution in [-0.4, -0.2) is 56.7 Å². The number of carbonyl (C=O) groups excluding carboxylic acids is 1. The summed E-state index contributed by atoms with van der Waals surface area (Å²) in [6.45, 7) is 3.68. The molecule has 2 fully saturated rings. The SMILES string of the molecule is [2H]C([2H])(CC1CCC(NC(=O)NC)CC1)N1CCN(c2cccc(C)c2Cl)CC1. The van der Waals surface area contributed by atoms with E-state index in [4.69, 9.17) is 14.3 Å². The zero-order valence-corrected chi connectivity index (χ0v) is 17.2. The first-order valence-electron chi connectivity index (χ1n) is 11.0. The summed E-state index contributed by atoms with van der Waals surface area (Å²) in [4.78, 5) is 15.7. The van der Waals surface area contributed by atoms with Crippen LogP contribution in [0.4, 0.5) is 10.5 Å². The van der Waals surface area contributed by atoms with Crippen molar-refractivity contribution in [3.05, 3.63) is 28.8 Å². The average molecular weight is 395 g/mol. The van der Waals surface area contributed by atoms with Gasteiger partial charge in [-0.25, -0.2) is 4.79 Å². The topological polar surface area (TPSA) is 47.6 Å². The minimum absolute atomic E-state index is 0.129. The smallest absolute Gasteiger partial charge is 0.314 e. The van der Waals surface area contributed by atoms with Gasteiger partial charge in [-0.1, -0.05) is 23.7 Å². The first-order chi connectivity index (χ1) is 13.8. The maximum atomic E-state index is 11.5. The second-order valence-electron chi connectivity index (χ2n) is 7.69. The molecule has 5 nitrogen and oxygen atoms in total. The summed E-state index contributed by atoms with van der Waals surface area (Å²) in [7, 11) is 1.63. The molecular formula is C21H33ClN4O. The molecule has 0 atom stereocenters. The lowest BCUT2D eigenvalue weighted by molar-refractivity contribution is 0.206. The molecule has 1 aromatic rings. The Labute approximate surface area is 171 Å². The number of hydrogen-bond acceptors (Lipinski definition) is 3. The van der Waals surface area contributed by atoms with Crippen LogP contribution in [0.1, 0.15) is 40.4 Å². The molecule has 2 aliphatic rings. The van der Waals surface area contributed by atoms with Crippen LogP contribution in [0.5, 0.6) is 0 Å². The van der Waals surface area contributed by atoms with Crippen LogP contribution in [0.2, 0.25) is 5.02 Å². The number of urea groups is 1. The highest BCUT2D eigenvalue weighted by Crippen LogP contribution is 2.30. The summed E-state index contributed by atoms with van der Waals surface area (Å²) in [5, 5.41) is 6.37. The van der Waals surface area contributed by atoms with Crippen molar-refractivity contribution in [3.63, 3.8) is 0 Å². The quantitative estimate of drug-likeness (QED) is 0.801. The predicted molar refractivity (Wildman–Crippen MR) is 113 cm³/mol. The summed E-state index contributed by atoms with van der Waals surface area (Å²) in [6, 6.07) is 6.16. The van der Waals surface area contributed by atoms with E-state index in [1.807, 2.05) is 30.0 Å². The van der Waals surface area contributed by atoms with Crippen molar-refractivity contribution < 1.29 is 7.54 Å². The van der Waals surface area contributed by atoms with Crippen LogP contribution >= 0.6 is 11.6 Å². The highest BCUT2D eigenvalue weighted by atomic mass is 35.5. The zero-order valence-electron chi connectivity index (χ0n) is 18.4. The number of amides is 2. The molecule has 2 amide bonds. The van der Waals surface area contributed by atoms with E-state index in [1.165, 1.54) is 0 Å². The van der Waals surface area contributed by atoms with Gasteiger partial charge in [0.05, 0.1) is 10.7 Å². The van der Waals surface area contributed by atoms with E-state index in [0.29, 0.717) is 25.4 Å². The van der Waals surface area contributed by atoms with Gasteiger partial charge in [-0.15, -0.1) is 0 Å². The lowest BCUT2D eigenvalue weighted by Gasteiger charge is -2.37. The van der Waals surface area contributed by atoms with Crippen molar-refractivity contribution in [3.8, 4) is 0 Å². The van der Waals surface area contributed by atoms with Crippen molar-refractivity contribution in [1.29, 1.82) is 0 Å². The minimum Gasteiger partial charge on any atom is -0.368 e. The Morgan fingerprint density at radius 2 is 1.93 bits per heavy atom. The van der Waals surface area contributed by atoms with Gasteiger partial charge in [-0.2, -0.15) is 0 Å². The van der Waals surface area contributed by atoms with Gasteiger partial charge in [-0.05, 0) is 63.1 Å². The molecule has 2 N–H and O–H groups in total. The van der Waals surface area contributed by atoms with Crippen LogP contribution in [0.15, 0.2) is 18.2 Å². The number of piperazine rings is 1. The minimum atomic E-state index is -1.30. The maximum absolute atomic E-state index is 11.5. The number of benzene rings is 1. The molecule has 6 heteroatoms. The number of halogens is 1. The second-order valence-corrected chi connectivity index (χ2v) is 8.06. The molecule has 27 heavy (non-hydrogen) atoms. The molecule has 1 aliphatic carbocycles. The van der Waals surface area contributed by atoms with Crippen molar-refractivity contribution >= 4 is 23.3 Å². The lowest BCUT2D eigenvalue weighted by Crippen LogP contribution is -2.47. The van der Waals surface area contributed by atoms with Gasteiger partial charge in [0.2, 0.25) is 0 Å². The highest BCUT2D eigenvalue weighted by molar-refractivity contribution is 6.34. The van der Waals surface area contributed by atoms with E-state index in [2.05, 4.69) is 15.5 Å². The summed E-state index contributed by atoms with van der Waals surface area (Å²) >= 11 is 6.47. The normalized spacial score (nSPS) is 25.5. The molecule has 1 saturated carbocycles. The Bertz CT molecular complexity index is 702. The predicted octanol–water partition coefficient (Wildman–Crippen LogP) is 3.65. The van der Waals surface area contributed by atoms with Gasteiger partial charge >= 0.3 is 6.03 Å². The largest absolute Gasteiger partial charge is 0.368 e. The van der Waals surface area contributed by atoms with E-state index in [0.717, 1.165) is 55.0 Å². The van der Waals surface area contributed by atoms with Crippen molar-refractivity contribution in [2.75, 3.05) is 44.6 Å². The van der Waals surface area contributed by atoms with Crippen LogP contribution in [-0.2, 0) is 0 Å². The number of nitrogens with one attached hydrogen (secondary N) is 2. The summed E-state index contributed by atoms with van der Waals surface area (Å²) in [5.41, 5.74) is 2.12. The second kappa shape index (κ2) is 9.65. The molecule has 0 bridgehead atoms. The van der Waals surface area contributed by atoms with E-state index in [1.54, 1.807) is 7.05 Å². The van der Waals surface area contributed by atoms with Crippen LogP contribution in [0.3, 0.4) is 0 Å². The fourth-order valence-corrected chi connectivity index (χ4v) is 4.25. The van der Waals surface area contributed by atoms with Gasteiger partial charge < -0.3 is 15.5 Å². The fraction of sp³-hybridized carbons (Fsp3) is 0.667. The number of carbonyl (C=O) groups is 1. The Morgan fingerprint density at radius 3 is 2.59 bits per heavy atom. The van der Waals surface area contributed by atoms with Crippen molar-refractivity contribution in [1.82, 2.24) is 15.5 Å². The maximum Gasteiger partial charge on any atom is 0.314 e. The summed E-state index contributed by atoms with van der Waals surface area (Å²) in [5.74, 6) is 0.372. The summed E-state index contributed by atoms with van der Waals surface area (Å²) < 4.78 is 17.3. The molecule has 1 heterocycles. The van der Waals surface area contributed by atoms with Crippen LogP contribution in [0, 0.1) is 12.8 Å². The number of hydrogen-bond donors (Lipinski definition) is 2. The van der Waals surface area contributed by atoms with Crippen LogP contribution < -0.4 is 15.5 Å². The molecule has 1 aliphatic heterocycles. The Morgan fingerprint density at radius 1 is 1.22 bits per heavy atom. The fourth-order valence-electron chi connectivity index (χ4n) is 4.01. The van der Waals surface area contributed by atoms with Crippen LogP contribution in [0.25, 0.3) is 0 Å². The van der Waals surface area contributed by atoms with E-state index >= 15 is 0 Å².